The zero-order chi connectivity index (χ0) is 20.1. The van der Waals surface area contributed by atoms with Gasteiger partial charge < -0.3 is 14.6 Å². The molecule has 0 bridgehead atoms. The SMILES string of the molecule is COc1ccc(-c2c(C)ccc(C(=O)c3ccccc3)c2CCO)cc1OC. The number of methoxy groups -OCH3 is 2. The lowest BCUT2D eigenvalue weighted by atomic mass is 9.87. The summed E-state index contributed by atoms with van der Waals surface area (Å²) in [7, 11) is 3.19. The third kappa shape index (κ3) is 3.78. The molecule has 4 heteroatoms. The second kappa shape index (κ2) is 8.72. The minimum Gasteiger partial charge on any atom is -0.493 e. The van der Waals surface area contributed by atoms with Gasteiger partial charge in [-0.3, -0.25) is 4.79 Å². The monoisotopic (exact) mass is 376 g/mol. The molecule has 0 spiro atoms. The van der Waals surface area contributed by atoms with Crippen molar-refractivity contribution in [3.63, 3.8) is 0 Å². The van der Waals surface area contributed by atoms with E-state index in [4.69, 9.17) is 9.47 Å². The van der Waals surface area contributed by atoms with Crippen molar-refractivity contribution >= 4 is 5.78 Å². The number of ether oxygens (including phenoxy) is 2. The maximum atomic E-state index is 13.1. The molecule has 144 valence electrons. The minimum absolute atomic E-state index is 0.0428. The zero-order valence-electron chi connectivity index (χ0n) is 16.4. The third-order valence-corrected chi connectivity index (χ3v) is 4.84. The summed E-state index contributed by atoms with van der Waals surface area (Å²) in [5, 5.41) is 9.69. The highest BCUT2D eigenvalue weighted by Crippen LogP contribution is 2.37. The van der Waals surface area contributed by atoms with Crippen molar-refractivity contribution in [2.24, 2.45) is 0 Å². The Morgan fingerprint density at radius 3 is 2.29 bits per heavy atom. The maximum Gasteiger partial charge on any atom is 0.193 e. The van der Waals surface area contributed by atoms with Gasteiger partial charge in [-0.1, -0.05) is 48.5 Å². The topological polar surface area (TPSA) is 55.8 Å². The van der Waals surface area contributed by atoms with Crippen molar-refractivity contribution in [1.29, 1.82) is 0 Å². The first-order chi connectivity index (χ1) is 13.6. The first-order valence-corrected chi connectivity index (χ1v) is 9.16. The fourth-order valence-corrected chi connectivity index (χ4v) is 3.49. The first-order valence-electron chi connectivity index (χ1n) is 9.16. The molecule has 0 atom stereocenters. The van der Waals surface area contributed by atoms with Crippen molar-refractivity contribution in [1.82, 2.24) is 0 Å². The Kier molecular flexibility index (Phi) is 6.12. The number of hydrogen-bond donors (Lipinski definition) is 1. The summed E-state index contributed by atoms with van der Waals surface area (Å²) in [5.74, 6) is 1.21. The van der Waals surface area contributed by atoms with Gasteiger partial charge in [0.2, 0.25) is 0 Å². The number of aliphatic hydroxyl groups excluding tert-OH is 1. The van der Waals surface area contributed by atoms with Crippen molar-refractivity contribution in [2.75, 3.05) is 20.8 Å². The lowest BCUT2D eigenvalue weighted by Crippen LogP contribution is -2.09. The molecule has 0 unspecified atom stereocenters. The number of hydrogen-bond acceptors (Lipinski definition) is 4. The molecule has 0 aliphatic rings. The highest BCUT2D eigenvalue weighted by molar-refractivity contribution is 6.11. The molecule has 0 aromatic heterocycles. The Bertz CT molecular complexity index is 977. The molecule has 4 nitrogen and oxygen atoms in total. The van der Waals surface area contributed by atoms with Gasteiger partial charge in [-0.05, 0) is 47.7 Å². The second-order valence-corrected chi connectivity index (χ2v) is 6.52. The molecule has 1 N–H and O–H groups in total. The fraction of sp³-hybridized carbons (Fsp3) is 0.208. The Labute approximate surface area is 165 Å². The van der Waals surface area contributed by atoms with Gasteiger partial charge in [0.1, 0.15) is 0 Å². The van der Waals surface area contributed by atoms with E-state index < -0.39 is 0 Å². The molecule has 0 amide bonds. The molecule has 0 radical (unpaired) electrons. The number of carbonyl (C=O) groups excluding carboxylic acids is 1. The molecule has 3 rings (SSSR count). The molecular formula is C24H24O4. The lowest BCUT2D eigenvalue weighted by Gasteiger charge is -2.18. The largest absolute Gasteiger partial charge is 0.493 e. The van der Waals surface area contributed by atoms with Crippen LogP contribution in [0.15, 0.2) is 60.7 Å². The summed E-state index contributed by atoms with van der Waals surface area (Å²) in [4.78, 5) is 13.1. The van der Waals surface area contributed by atoms with Crippen LogP contribution in [0.1, 0.15) is 27.0 Å². The smallest absolute Gasteiger partial charge is 0.193 e. The summed E-state index contributed by atoms with van der Waals surface area (Å²) >= 11 is 0. The number of aryl methyl sites for hydroxylation is 1. The fourth-order valence-electron chi connectivity index (χ4n) is 3.49. The first kappa shape index (κ1) is 19.6. The highest BCUT2D eigenvalue weighted by Gasteiger charge is 2.19. The van der Waals surface area contributed by atoms with Crippen molar-refractivity contribution in [3.8, 4) is 22.6 Å². The molecule has 0 saturated heterocycles. The highest BCUT2D eigenvalue weighted by atomic mass is 16.5. The van der Waals surface area contributed by atoms with E-state index in [0.29, 0.717) is 29.0 Å². The van der Waals surface area contributed by atoms with E-state index in [0.717, 1.165) is 22.3 Å². The Morgan fingerprint density at radius 2 is 1.64 bits per heavy atom. The van der Waals surface area contributed by atoms with E-state index in [2.05, 4.69) is 0 Å². The van der Waals surface area contributed by atoms with E-state index in [-0.39, 0.29) is 12.4 Å². The van der Waals surface area contributed by atoms with Gasteiger partial charge in [0, 0.05) is 17.7 Å². The predicted molar refractivity (Wildman–Crippen MR) is 110 cm³/mol. The average molecular weight is 376 g/mol. The second-order valence-electron chi connectivity index (χ2n) is 6.52. The molecular weight excluding hydrogens is 352 g/mol. The predicted octanol–water partition coefficient (Wildman–Crippen LogP) is 4.45. The Hall–Kier alpha value is -3.11. The quantitative estimate of drug-likeness (QED) is 0.619. The minimum atomic E-state index is -0.0502. The molecule has 0 saturated carbocycles. The molecule has 0 heterocycles. The summed E-state index contributed by atoms with van der Waals surface area (Å²) in [6, 6.07) is 18.7. The van der Waals surface area contributed by atoms with Crippen LogP contribution in [0.4, 0.5) is 0 Å². The zero-order valence-corrected chi connectivity index (χ0v) is 16.4. The molecule has 0 aliphatic carbocycles. The van der Waals surface area contributed by atoms with Crippen molar-refractivity contribution in [2.45, 2.75) is 13.3 Å². The van der Waals surface area contributed by atoms with E-state index >= 15 is 0 Å². The van der Waals surface area contributed by atoms with Crippen LogP contribution in [0.3, 0.4) is 0 Å². The van der Waals surface area contributed by atoms with Gasteiger partial charge in [0.05, 0.1) is 14.2 Å². The van der Waals surface area contributed by atoms with Crippen LogP contribution in [0, 0.1) is 6.92 Å². The molecule has 28 heavy (non-hydrogen) atoms. The third-order valence-electron chi connectivity index (χ3n) is 4.84. The van der Waals surface area contributed by atoms with E-state index in [1.165, 1.54) is 0 Å². The summed E-state index contributed by atoms with van der Waals surface area (Å²) in [6.45, 7) is 1.96. The number of ketones is 1. The summed E-state index contributed by atoms with van der Waals surface area (Å²) in [6.07, 6.45) is 0.388. The van der Waals surface area contributed by atoms with Crippen LogP contribution < -0.4 is 9.47 Å². The van der Waals surface area contributed by atoms with Gasteiger partial charge in [-0.25, -0.2) is 0 Å². The van der Waals surface area contributed by atoms with Gasteiger partial charge in [-0.2, -0.15) is 0 Å². The van der Waals surface area contributed by atoms with Crippen LogP contribution in [0.25, 0.3) is 11.1 Å². The van der Waals surface area contributed by atoms with Crippen LogP contribution in [0.2, 0.25) is 0 Å². The van der Waals surface area contributed by atoms with Crippen LogP contribution in [0.5, 0.6) is 11.5 Å². The molecule has 0 fully saturated rings. The van der Waals surface area contributed by atoms with Gasteiger partial charge >= 0.3 is 0 Å². The van der Waals surface area contributed by atoms with Crippen LogP contribution in [-0.2, 0) is 6.42 Å². The normalized spacial score (nSPS) is 10.6. The van der Waals surface area contributed by atoms with E-state index in [9.17, 15) is 9.90 Å². The molecule has 3 aromatic carbocycles. The number of rotatable bonds is 7. The van der Waals surface area contributed by atoms with E-state index in [1.54, 1.807) is 26.4 Å². The van der Waals surface area contributed by atoms with Crippen LogP contribution in [-0.4, -0.2) is 31.7 Å². The van der Waals surface area contributed by atoms with Gasteiger partial charge in [-0.15, -0.1) is 0 Å². The average Bonchev–Trinajstić information content (AvgIpc) is 2.74. The Balaban J connectivity index is 2.20. The van der Waals surface area contributed by atoms with Gasteiger partial charge in [0.15, 0.2) is 17.3 Å². The number of benzene rings is 3. The molecule has 3 aromatic rings. The van der Waals surface area contributed by atoms with Crippen LogP contribution >= 0.6 is 0 Å². The molecule has 0 aliphatic heterocycles. The van der Waals surface area contributed by atoms with E-state index in [1.807, 2.05) is 55.5 Å². The van der Waals surface area contributed by atoms with Crippen molar-refractivity contribution < 1.29 is 19.4 Å². The number of aliphatic hydroxyl groups is 1. The Morgan fingerprint density at radius 1 is 0.929 bits per heavy atom. The number of carbonyl (C=O) groups is 1. The standard InChI is InChI=1S/C24H24O4/c1-16-9-11-20(24(26)17-7-5-4-6-8-17)19(13-14-25)23(16)18-10-12-21(27-2)22(15-18)28-3/h4-12,15,25H,13-14H2,1-3H3. The maximum absolute atomic E-state index is 13.1. The summed E-state index contributed by atoms with van der Waals surface area (Å²) < 4.78 is 10.8. The summed E-state index contributed by atoms with van der Waals surface area (Å²) in [5.41, 5.74) is 4.96. The van der Waals surface area contributed by atoms with Crippen molar-refractivity contribution in [3.05, 3.63) is 82.9 Å². The lowest BCUT2D eigenvalue weighted by molar-refractivity contribution is 0.103. The van der Waals surface area contributed by atoms with Gasteiger partial charge in [0.25, 0.3) is 0 Å².